The van der Waals surface area contributed by atoms with Crippen molar-refractivity contribution in [2.24, 2.45) is 0 Å². The lowest BCUT2D eigenvalue weighted by molar-refractivity contribution is 0.0920. The van der Waals surface area contributed by atoms with E-state index >= 15 is 0 Å². The smallest absolute Gasteiger partial charge is 0.255 e. The van der Waals surface area contributed by atoms with Crippen LogP contribution in [0.5, 0.6) is 11.5 Å². The van der Waals surface area contributed by atoms with Gasteiger partial charge in [0.25, 0.3) is 5.91 Å². The number of aryl methyl sites for hydroxylation is 1. The van der Waals surface area contributed by atoms with Gasteiger partial charge < -0.3 is 14.8 Å². The molecule has 3 aromatic carbocycles. The minimum Gasteiger partial charge on any atom is -0.497 e. The predicted molar refractivity (Wildman–Crippen MR) is 108 cm³/mol. The first kappa shape index (κ1) is 19.2. The van der Waals surface area contributed by atoms with Crippen LogP contribution >= 0.6 is 0 Å². The summed E-state index contributed by atoms with van der Waals surface area (Å²) in [5, 5.41) is 2.82. The van der Waals surface area contributed by atoms with Gasteiger partial charge in [-0.25, -0.2) is 0 Å². The van der Waals surface area contributed by atoms with Gasteiger partial charge in [-0.2, -0.15) is 0 Å². The number of ether oxygens (including phenoxy) is 2. The third kappa shape index (κ3) is 4.98. The van der Waals surface area contributed by atoms with Gasteiger partial charge in [0.15, 0.2) is 12.4 Å². The number of methoxy groups -OCH3 is 1. The van der Waals surface area contributed by atoms with Crippen LogP contribution in [0.25, 0.3) is 0 Å². The lowest BCUT2D eigenvalue weighted by atomic mass is 10.1. The summed E-state index contributed by atoms with van der Waals surface area (Å²) in [5.41, 5.74) is 2.76. The molecule has 0 aromatic heterocycles. The number of ketones is 1. The van der Waals surface area contributed by atoms with Gasteiger partial charge in [0, 0.05) is 22.9 Å². The maximum absolute atomic E-state index is 12.4. The average molecular weight is 375 g/mol. The molecule has 5 nitrogen and oxygen atoms in total. The Balaban J connectivity index is 1.62. The third-order valence-corrected chi connectivity index (χ3v) is 4.17. The molecule has 0 aliphatic rings. The third-order valence-electron chi connectivity index (χ3n) is 4.17. The standard InChI is InChI=1S/C23H21NO4/c1-16-9-11-17(12-10-16)22(25)15-28-21-8-4-6-19(14-21)24-23(26)18-5-3-7-20(13-18)27-2/h3-14H,15H2,1-2H3,(H,24,26). The molecule has 0 saturated heterocycles. The van der Waals surface area contributed by atoms with Crippen LogP contribution < -0.4 is 14.8 Å². The van der Waals surface area contributed by atoms with E-state index in [2.05, 4.69) is 5.32 Å². The molecule has 0 radical (unpaired) electrons. The van der Waals surface area contributed by atoms with Crippen LogP contribution in [0.1, 0.15) is 26.3 Å². The number of hydrogen-bond donors (Lipinski definition) is 1. The lowest BCUT2D eigenvalue weighted by Gasteiger charge is -2.10. The Morgan fingerprint density at radius 3 is 2.32 bits per heavy atom. The molecule has 0 aliphatic carbocycles. The van der Waals surface area contributed by atoms with E-state index in [1.54, 1.807) is 67.8 Å². The number of nitrogens with one attached hydrogen (secondary N) is 1. The van der Waals surface area contributed by atoms with E-state index in [9.17, 15) is 9.59 Å². The number of anilines is 1. The number of benzene rings is 3. The van der Waals surface area contributed by atoms with Crippen molar-refractivity contribution in [2.45, 2.75) is 6.92 Å². The first-order valence-electron chi connectivity index (χ1n) is 8.83. The summed E-state index contributed by atoms with van der Waals surface area (Å²) < 4.78 is 10.7. The van der Waals surface area contributed by atoms with Crippen LogP contribution in [-0.2, 0) is 0 Å². The predicted octanol–water partition coefficient (Wildman–Crippen LogP) is 4.52. The van der Waals surface area contributed by atoms with E-state index in [1.165, 1.54) is 0 Å². The number of rotatable bonds is 7. The van der Waals surface area contributed by atoms with Crippen molar-refractivity contribution >= 4 is 17.4 Å². The highest BCUT2D eigenvalue weighted by Crippen LogP contribution is 2.20. The minimum atomic E-state index is -0.258. The molecular weight excluding hydrogens is 354 g/mol. The van der Waals surface area contributed by atoms with Gasteiger partial charge in [-0.15, -0.1) is 0 Å². The zero-order valence-corrected chi connectivity index (χ0v) is 15.8. The molecule has 0 fully saturated rings. The van der Waals surface area contributed by atoms with Gasteiger partial charge in [-0.3, -0.25) is 9.59 Å². The van der Waals surface area contributed by atoms with Gasteiger partial charge in [-0.05, 0) is 37.3 Å². The molecular formula is C23H21NO4. The molecule has 3 rings (SSSR count). The zero-order valence-electron chi connectivity index (χ0n) is 15.8. The second kappa shape index (κ2) is 8.86. The van der Waals surface area contributed by atoms with Crippen LogP contribution in [0.15, 0.2) is 72.8 Å². The Hall–Kier alpha value is -3.60. The Labute approximate surface area is 163 Å². The van der Waals surface area contributed by atoms with Crippen LogP contribution in [-0.4, -0.2) is 25.4 Å². The fourth-order valence-corrected chi connectivity index (χ4v) is 2.60. The maximum atomic E-state index is 12.4. The molecule has 0 spiro atoms. The van der Waals surface area contributed by atoms with Gasteiger partial charge in [0.1, 0.15) is 11.5 Å². The summed E-state index contributed by atoms with van der Waals surface area (Å²) in [5.74, 6) is 0.751. The van der Waals surface area contributed by atoms with Crippen LogP contribution in [0.4, 0.5) is 5.69 Å². The van der Waals surface area contributed by atoms with Crippen molar-refractivity contribution in [2.75, 3.05) is 19.0 Å². The van der Waals surface area contributed by atoms with Crippen LogP contribution in [0.3, 0.4) is 0 Å². The molecule has 142 valence electrons. The zero-order chi connectivity index (χ0) is 19.9. The number of carbonyl (C=O) groups excluding carboxylic acids is 2. The summed E-state index contributed by atoms with van der Waals surface area (Å²) in [7, 11) is 1.55. The molecule has 0 aliphatic heterocycles. The molecule has 1 N–H and O–H groups in total. The maximum Gasteiger partial charge on any atom is 0.255 e. The highest BCUT2D eigenvalue weighted by molar-refractivity contribution is 6.04. The topological polar surface area (TPSA) is 64.6 Å². The normalized spacial score (nSPS) is 10.2. The number of Topliss-reactive ketones (excluding diaryl/α,β-unsaturated/α-hetero) is 1. The Morgan fingerprint density at radius 2 is 1.57 bits per heavy atom. The first-order chi connectivity index (χ1) is 13.5. The quantitative estimate of drug-likeness (QED) is 0.617. The van der Waals surface area contributed by atoms with E-state index in [0.29, 0.717) is 28.3 Å². The average Bonchev–Trinajstić information content (AvgIpc) is 2.73. The highest BCUT2D eigenvalue weighted by Gasteiger charge is 2.09. The van der Waals surface area contributed by atoms with Crippen molar-refractivity contribution < 1.29 is 19.1 Å². The van der Waals surface area contributed by atoms with E-state index < -0.39 is 0 Å². The van der Waals surface area contributed by atoms with Crippen molar-refractivity contribution in [3.63, 3.8) is 0 Å². The Kier molecular flexibility index (Phi) is 6.07. The summed E-state index contributed by atoms with van der Waals surface area (Å²) >= 11 is 0. The fraction of sp³-hybridized carbons (Fsp3) is 0.130. The van der Waals surface area contributed by atoms with Gasteiger partial charge in [-0.1, -0.05) is 42.0 Å². The van der Waals surface area contributed by atoms with E-state index in [-0.39, 0.29) is 18.3 Å². The first-order valence-corrected chi connectivity index (χ1v) is 8.83. The molecule has 0 unspecified atom stereocenters. The molecule has 5 heteroatoms. The van der Waals surface area contributed by atoms with Crippen molar-refractivity contribution in [3.8, 4) is 11.5 Å². The molecule has 0 atom stereocenters. The monoisotopic (exact) mass is 375 g/mol. The Morgan fingerprint density at radius 1 is 0.857 bits per heavy atom. The lowest BCUT2D eigenvalue weighted by Crippen LogP contribution is -2.13. The SMILES string of the molecule is COc1cccc(C(=O)Nc2cccc(OCC(=O)c3ccc(C)cc3)c2)c1. The second-order valence-corrected chi connectivity index (χ2v) is 6.29. The summed E-state index contributed by atoms with van der Waals surface area (Å²) in [6.07, 6.45) is 0. The van der Waals surface area contributed by atoms with Gasteiger partial charge in [0.2, 0.25) is 0 Å². The van der Waals surface area contributed by atoms with Gasteiger partial charge in [0.05, 0.1) is 7.11 Å². The number of amides is 1. The molecule has 0 heterocycles. The van der Waals surface area contributed by atoms with E-state index in [4.69, 9.17) is 9.47 Å². The molecule has 3 aromatic rings. The fourth-order valence-electron chi connectivity index (χ4n) is 2.60. The molecule has 1 amide bonds. The molecule has 0 bridgehead atoms. The molecule has 28 heavy (non-hydrogen) atoms. The summed E-state index contributed by atoms with van der Waals surface area (Å²) in [4.78, 5) is 24.6. The van der Waals surface area contributed by atoms with E-state index in [0.717, 1.165) is 5.56 Å². The Bertz CT molecular complexity index is 980. The second-order valence-electron chi connectivity index (χ2n) is 6.29. The van der Waals surface area contributed by atoms with Crippen molar-refractivity contribution in [1.29, 1.82) is 0 Å². The van der Waals surface area contributed by atoms with E-state index in [1.807, 2.05) is 19.1 Å². The molecule has 0 saturated carbocycles. The van der Waals surface area contributed by atoms with Crippen LogP contribution in [0, 0.1) is 6.92 Å². The minimum absolute atomic E-state index is 0.0731. The van der Waals surface area contributed by atoms with Gasteiger partial charge >= 0.3 is 0 Å². The number of hydrogen-bond acceptors (Lipinski definition) is 4. The number of carbonyl (C=O) groups is 2. The van der Waals surface area contributed by atoms with Crippen molar-refractivity contribution in [3.05, 3.63) is 89.5 Å². The summed E-state index contributed by atoms with van der Waals surface area (Å²) in [6.45, 7) is 1.90. The largest absolute Gasteiger partial charge is 0.497 e. The van der Waals surface area contributed by atoms with Crippen molar-refractivity contribution in [1.82, 2.24) is 0 Å². The van der Waals surface area contributed by atoms with Crippen LogP contribution in [0.2, 0.25) is 0 Å². The summed E-state index contributed by atoms with van der Waals surface area (Å²) in [6, 6.07) is 21.2. The highest BCUT2D eigenvalue weighted by atomic mass is 16.5.